The number of esters is 1. The van der Waals surface area contributed by atoms with E-state index >= 15 is 0 Å². The van der Waals surface area contributed by atoms with Gasteiger partial charge in [-0.05, 0) is 61.6 Å². The van der Waals surface area contributed by atoms with Crippen LogP contribution in [0.15, 0.2) is 30.3 Å². The molecule has 1 saturated carbocycles. The molecule has 2 aromatic rings. The first-order chi connectivity index (χ1) is 16.8. The number of carbonyl (C=O) groups is 4. The molecule has 1 spiro atoms. The zero-order chi connectivity index (χ0) is 25.2. The third-order valence-electron chi connectivity index (χ3n) is 6.64. The maximum atomic E-state index is 13.2. The lowest BCUT2D eigenvalue weighted by atomic mass is 9.73. The third-order valence-corrected chi connectivity index (χ3v) is 7.81. The topological polar surface area (TPSA) is 114 Å². The van der Waals surface area contributed by atoms with Gasteiger partial charge in [-0.25, -0.2) is 9.59 Å². The minimum Gasteiger partial charge on any atom is -0.497 e. The Morgan fingerprint density at radius 3 is 2.63 bits per heavy atom. The smallest absolute Gasteiger partial charge is 0.350 e. The molecule has 1 aromatic heterocycles. The summed E-state index contributed by atoms with van der Waals surface area (Å²) in [6.45, 7) is 3.41. The number of urea groups is 1. The molecule has 1 aromatic carbocycles. The molecular weight excluding hydrogens is 470 g/mol. The number of rotatable bonds is 7. The van der Waals surface area contributed by atoms with Crippen LogP contribution in [0.4, 0.5) is 10.5 Å². The number of amides is 4. The van der Waals surface area contributed by atoms with E-state index in [0.717, 1.165) is 34.6 Å². The number of thiophene rings is 1. The number of benzene rings is 1. The summed E-state index contributed by atoms with van der Waals surface area (Å²) in [5.41, 5.74) is 0.177. The van der Waals surface area contributed by atoms with Gasteiger partial charge >= 0.3 is 12.0 Å². The Morgan fingerprint density at radius 2 is 1.97 bits per heavy atom. The van der Waals surface area contributed by atoms with E-state index in [1.165, 1.54) is 11.3 Å². The zero-order valence-corrected chi connectivity index (χ0v) is 20.8. The molecule has 2 heterocycles. The van der Waals surface area contributed by atoms with E-state index in [9.17, 15) is 19.2 Å². The summed E-state index contributed by atoms with van der Waals surface area (Å²) in [5, 5.41) is 5.55. The second kappa shape index (κ2) is 10.1. The largest absolute Gasteiger partial charge is 0.497 e. The molecule has 4 rings (SSSR count). The van der Waals surface area contributed by atoms with Crippen molar-refractivity contribution in [1.82, 2.24) is 10.2 Å². The summed E-state index contributed by atoms with van der Waals surface area (Å²) in [7, 11) is 1.58. The van der Waals surface area contributed by atoms with E-state index in [-0.39, 0.29) is 29.0 Å². The number of hydrogen-bond acceptors (Lipinski definition) is 7. The minimum atomic E-state index is -0.935. The molecule has 10 heteroatoms. The SMILES string of the molecule is CCOC(=O)c1sc(-c2ccc(OC)cc2)cc1NC(=O)CN1C(=O)NC2(CCCCC2C)C1=O. The summed E-state index contributed by atoms with van der Waals surface area (Å²) in [6, 6.07) is 8.43. The fourth-order valence-corrected chi connectivity index (χ4v) is 5.71. The first kappa shape index (κ1) is 24.7. The van der Waals surface area contributed by atoms with Crippen LogP contribution in [-0.2, 0) is 14.3 Å². The van der Waals surface area contributed by atoms with Crippen LogP contribution in [0.5, 0.6) is 5.75 Å². The molecule has 2 N–H and O–H groups in total. The van der Waals surface area contributed by atoms with Crippen molar-refractivity contribution < 1.29 is 28.7 Å². The van der Waals surface area contributed by atoms with Gasteiger partial charge in [0.05, 0.1) is 19.4 Å². The summed E-state index contributed by atoms with van der Waals surface area (Å²) in [5.74, 6) is -0.793. The van der Waals surface area contributed by atoms with Crippen molar-refractivity contribution in [3.05, 3.63) is 35.2 Å². The molecule has 186 valence electrons. The molecule has 1 aliphatic carbocycles. The molecule has 1 aliphatic heterocycles. The zero-order valence-electron chi connectivity index (χ0n) is 20.0. The number of methoxy groups -OCH3 is 1. The third kappa shape index (κ3) is 4.75. The van der Waals surface area contributed by atoms with Gasteiger partial charge in [-0.2, -0.15) is 0 Å². The molecule has 9 nitrogen and oxygen atoms in total. The molecule has 2 fully saturated rings. The Hall–Kier alpha value is -3.40. The Bertz CT molecular complexity index is 1140. The quantitative estimate of drug-likeness (QED) is 0.439. The first-order valence-electron chi connectivity index (χ1n) is 11.7. The number of imide groups is 1. The van der Waals surface area contributed by atoms with E-state index in [4.69, 9.17) is 9.47 Å². The van der Waals surface area contributed by atoms with Crippen LogP contribution >= 0.6 is 11.3 Å². The number of nitrogens with zero attached hydrogens (tertiary/aromatic N) is 1. The highest BCUT2D eigenvalue weighted by Gasteiger charge is 2.55. The van der Waals surface area contributed by atoms with Crippen molar-refractivity contribution in [2.75, 3.05) is 25.6 Å². The molecule has 2 atom stereocenters. The number of carbonyl (C=O) groups excluding carboxylic acids is 4. The van der Waals surface area contributed by atoms with E-state index in [1.54, 1.807) is 32.2 Å². The Labute approximate surface area is 207 Å². The predicted octanol–water partition coefficient (Wildman–Crippen LogP) is 4.04. The number of ether oxygens (including phenoxy) is 2. The van der Waals surface area contributed by atoms with Crippen molar-refractivity contribution in [1.29, 1.82) is 0 Å². The van der Waals surface area contributed by atoms with Crippen molar-refractivity contribution >= 4 is 40.8 Å². The Kier molecular flexibility index (Phi) is 7.11. The fourth-order valence-electron chi connectivity index (χ4n) is 4.70. The van der Waals surface area contributed by atoms with Gasteiger partial charge in [0.25, 0.3) is 5.91 Å². The van der Waals surface area contributed by atoms with Crippen LogP contribution in [0.1, 0.15) is 49.2 Å². The number of nitrogens with one attached hydrogen (secondary N) is 2. The summed E-state index contributed by atoms with van der Waals surface area (Å²) in [4.78, 5) is 53.2. The van der Waals surface area contributed by atoms with Crippen molar-refractivity contribution in [2.24, 2.45) is 5.92 Å². The summed E-state index contributed by atoms with van der Waals surface area (Å²) in [6.07, 6.45) is 3.28. The summed E-state index contributed by atoms with van der Waals surface area (Å²) >= 11 is 1.19. The van der Waals surface area contributed by atoms with Gasteiger partial charge in [-0.3, -0.25) is 14.5 Å². The monoisotopic (exact) mass is 499 g/mol. The van der Waals surface area contributed by atoms with Gasteiger partial charge in [0, 0.05) is 4.88 Å². The van der Waals surface area contributed by atoms with E-state index in [2.05, 4.69) is 10.6 Å². The highest BCUT2D eigenvalue weighted by atomic mass is 32.1. The van der Waals surface area contributed by atoms with Crippen LogP contribution in [-0.4, -0.2) is 54.5 Å². The van der Waals surface area contributed by atoms with Gasteiger partial charge in [-0.15, -0.1) is 11.3 Å². The Morgan fingerprint density at radius 1 is 1.23 bits per heavy atom. The van der Waals surface area contributed by atoms with Crippen molar-refractivity contribution in [3.8, 4) is 16.2 Å². The van der Waals surface area contributed by atoms with E-state index < -0.39 is 30.0 Å². The molecular formula is C25H29N3O6S. The number of hydrogen-bond donors (Lipinski definition) is 2. The maximum Gasteiger partial charge on any atom is 0.350 e. The number of anilines is 1. The van der Waals surface area contributed by atoms with Crippen LogP contribution in [0.2, 0.25) is 0 Å². The molecule has 2 unspecified atom stereocenters. The second-order valence-electron chi connectivity index (χ2n) is 8.79. The van der Waals surface area contributed by atoms with Gasteiger partial charge in [0.15, 0.2) is 0 Å². The van der Waals surface area contributed by atoms with Crippen LogP contribution < -0.4 is 15.4 Å². The molecule has 35 heavy (non-hydrogen) atoms. The van der Waals surface area contributed by atoms with Crippen LogP contribution in [0, 0.1) is 5.92 Å². The summed E-state index contributed by atoms with van der Waals surface area (Å²) < 4.78 is 10.4. The normalized spacial score (nSPS) is 21.7. The highest BCUT2D eigenvalue weighted by Crippen LogP contribution is 2.39. The molecule has 0 bridgehead atoms. The van der Waals surface area contributed by atoms with E-state index in [0.29, 0.717) is 12.2 Å². The van der Waals surface area contributed by atoms with Crippen molar-refractivity contribution in [2.45, 2.75) is 45.1 Å². The molecule has 0 radical (unpaired) electrons. The van der Waals surface area contributed by atoms with Gasteiger partial charge in [0.2, 0.25) is 5.91 Å². The van der Waals surface area contributed by atoms with Crippen molar-refractivity contribution in [3.63, 3.8) is 0 Å². The van der Waals surface area contributed by atoms with Crippen LogP contribution in [0.3, 0.4) is 0 Å². The molecule has 2 aliphatic rings. The average molecular weight is 500 g/mol. The minimum absolute atomic E-state index is 0.0000987. The molecule has 1 saturated heterocycles. The molecule has 4 amide bonds. The van der Waals surface area contributed by atoms with Crippen LogP contribution in [0.25, 0.3) is 10.4 Å². The first-order valence-corrected chi connectivity index (χ1v) is 12.5. The predicted molar refractivity (Wildman–Crippen MR) is 132 cm³/mol. The average Bonchev–Trinajstić information content (AvgIpc) is 3.36. The second-order valence-corrected chi connectivity index (χ2v) is 9.84. The van der Waals surface area contributed by atoms with Gasteiger partial charge in [-0.1, -0.05) is 19.8 Å². The maximum absolute atomic E-state index is 13.2. The lowest BCUT2D eigenvalue weighted by Gasteiger charge is -2.36. The standard InChI is InChI=1S/C25H29N3O6S/c1-4-34-22(30)21-18(13-19(35-21)16-8-10-17(33-3)11-9-16)26-20(29)14-28-23(31)25(27-24(28)32)12-6-5-7-15(25)2/h8-11,13,15H,4-7,12,14H2,1-3H3,(H,26,29)(H,27,32). The van der Waals surface area contributed by atoms with Gasteiger partial charge < -0.3 is 20.1 Å². The van der Waals surface area contributed by atoms with Gasteiger partial charge in [0.1, 0.15) is 22.7 Å². The Balaban J connectivity index is 1.54. The fraction of sp³-hybridized carbons (Fsp3) is 0.440. The van der Waals surface area contributed by atoms with E-state index in [1.807, 2.05) is 19.1 Å². The lowest BCUT2D eigenvalue weighted by Crippen LogP contribution is -2.54. The highest BCUT2D eigenvalue weighted by molar-refractivity contribution is 7.18. The lowest BCUT2D eigenvalue weighted by molar-refractivity contribution is -0.136.